The summed E-state index contributed by atoms with van der Waals surface area (Å²) >= 11 is 0. The predicted octanol–water partition coefficient (Wildman–Crippen LogP) is 0.683. The van der Waals surface area contributed by atoms with E-state index in [2.05, 4.69) is 0 Å². The number of para-hydroxylation sites is 1. The smallest absolute Gasteiger partial charge is 0.245 e. The van der Waals surface area contributed by atoms with E-state index in [4.69, 9.17) is 0 Å². The first-order valence-corrected chi connectivity index (χ1v) is 7.55. The number of carbonyl (C=O) groups is 1. The molecule has 1 amide bonds. The molecule has 1 fully saturated rings. The molecule has 2 rings (SSSR count). The van der Waals surface area contributed by atoms with Crippen molar-refractivity contribution in [1.82, 2.24) is 4.31 Å². The Morgan fingerprint density at radius 2 is 1.89 bits per heavy atom. The number of carbonyl (C=O) groups excluding carboxylic acids is 1. The lowest BCUT2D eigenvalue weighted by molar-refractivity contribution is -0.120. The molecule has 1 unspecified atom stereocenters. The van der Waals surface area contributed by atoms with Gasteiger partial charge in [-0.1, -0.05) is 18.2 Å². The Morgan fingerprint density at radius 1 is 1.28 bits per heavy atom. The average Bonchev–Trinajstić information content (AvgIpc) is 2.70. The predicted molar refractivity (Wildman–Crippen MR) is 69.8 cm³/mol. The minimum absolute atomic E-state index is 0.158. The van der Waals surface area contributed by atoms with Crippen LogP contribution in [0.1, 0.15) is 6.42 Å². The van der Waals surface area contributed by atoms with E-state index in [1.165, 1.54) is 7.05 Å². The van der Waals surface area contributed by atoms with Gasteiger partial charge >= 0.3 is 0 Å². The molecule has 1 saturated heterocycles. The highest BCUT2D eigenvalue weighted by Crippen LogP contribution is 2.24. The van der Waals surface area contributed by atoms with Gasteiger partial charge in [-0.05, 0) is 18.6 Å². The Kier molecular flexibility index (Phi) is 3.41. The van der Waals surface area contributed by atoms with E-state index < -0.39 is 16.1 Å². The van der Waals surface area contributed by atoms with Gasteiger partial charge < -0.3 is 4.90 Å². The molecule has 98 valence electrons. The third-order valence-electron chi connectivity index (χ3n) is 3.21. The maximum atomic E-state index is 12.2. The summed E-state index contributed by atoms with van der Waals surface area (Å²) < 4.78 is 24.1. The lowest BCUT2D eigenvalue weighted by atomic mass is 10.2. The molecule has 1 aromatic carbocycles. The van der Waals surface area contributed by atoms with E-state index in [-0.39, 0.29) is 5.91 Å². The van der Waals surface area contributed by atoms with E-state index in [1.807, 2.05) is 30.3 Å². The van der Waals surface area contributed by atoms with Gasteiger partial charge in [0.2, 0.25) is 15.9 Å². The first-order valence-electron chi connectivity index (χ1n) is 5.70. The molecule has 1 heterocycles. The minimum atomic E-state index is -3.34. The van der Waals surface area contributed by atoms with Crippen LogP contribution in [0.2, 0.25) is 0 Å². The van der Waals surface area contributed by atoms with Crippen molar-refractivity contribution in [3.63, 3.8) is 0 Å². The van der Waals surface area contributed by atoms with Crippen LogP contribution >= 0.6 is 0 Å². The second kappa shape index (κ2) is 4.70. The highest BCUT2D eigenvalue weighted by Gasteiger charge is 2.38. The fourth-order valence-electron chi connectivity index (χ4n) is 2.10. The molecular formula is C12H16N2O3S. The van der Waals surface area contributed by atoms with Crippen LogP contribution in [0.25, 0.3) is 0 Å². The summed E-state index contributed by atoms with van der Waals surface area (Å²) in [5.41, 5.74) is 0.812. The van der Waals surface area contributed by atoms with Crippen molar-refractivity contribution in [3.8, 4) is 0 Å². The number of rotatable bonds is 3. The van der Waals surface area contributed by atoms with Gasteiger partial charge in [-0.2, -0.15) is 4.31 Å². The molecule has 1 aliphatic heterocycles. The van der Waals surface area contributed by atoms with E-state index in [9.17, 15) is 13.2 Å². The Hall–Kier alpha value is -1.40. The van der Waals surface area contributed by atoms with E-state index in [0.717, 1.165) is 16.2 Å². The Morgan fingerprint density at radius 3 is 2.44 bits per heavy atom. The van der Waals surface area contributed by atoms with Crippen LogP contribution in [0.15, 0.2) is 30.3 Å². The van der Waals surface area contributed by atoms with Crippen molar-refractivity contribution in [1.29, 1.82) is 0 Å². The van der Waals surface area contributed by atoms with Crippen molar-refractivity contribution in [2.24, 2.45) is 0 Å². The number of likely N-dealkylation sites (N-methyl/N-ethyl adjacent to an activating group) is 1. The lowest BCUT2D eigenvalue weighted by Crippen LogP contribution is -2.42. The van der Waals surface area contributed by atoms with Gasteiger partial charge in [-0.25, -0.2) is 8.42 Å². The summed E-state index contributed by atoms with van der Waals surface area (Å²) in [5.74, 6) is -0.158. The van der Waals surface area contributed by atoms with Crippen LogP contribution in [-0.2, 0) is 14.8 Å². The minimum Gasteiger partial charge on any atom is -0.311 e. The van der Waals surface area contributed by atoms with Gasteiger partial charge in [0.15, 0.2) is 0 Å². The highest BCUT2D eigenvalue weighted by atomic mass is 32.2. The molecule has 0 N–H and O–H groups in total. The van der Waals surface area contributed by atoms with Crippen molar-refractivity contribution >= 4 is 21.6 Å². The standard InChI is InChI=1S/C12H16N2O3S/c1-13(18(2,16)17)11-8-9-14(12(11)15)10-6-4-3-5-7-10/h3-7,11H,8-9H2,1-2H3. The monoisotopic (exact) mass is 268 g/mol. The number of benzene rings is 1. The van der Waals surface area contributed by atoms with Gasteiger partial charge in [0, 0.05) is 19.3 Å². The molecule has 5 nitrogen and oxygen atoms in total. The van der Waals surface area contributed by atoms with Crippen molar-refractivity contribution in [2.75, 3.05) is 24.7 Å². The number of sulfonamides is 1. The molecular weight excluding hydrogens is 252 g/mol. The number of hydrogen-bond donors (Lipinski definition) is 0. The Labute approximate surface area is 107 Å². The summed E-state index contributed by atoms with van der Waals surface area (Å²) in [6.07, 6.45) is 1.64. The summed E-state index contributed by atoms with van der Waals surface area (Å²) in [6.45, 7) is 0.549. The number of amides is 1. The zero-order valence-electron chi connectivity index (χ0n) is 10.4. The van der Waals surface area contributed by atoms with Gasteiger partial charge in [0.05, 0.1) is 6.26 Å². The fourth-order valence-corrected chi connectivity index (χ4v) is 2.76. The molecule has 6 heteroatoms. The maximum absolute atomic E-state index is 12.2. The molecule has 0 aliphatic carbocycles. The maximum Gasteiger partial charge on any atom is 0.245 e. The van der Waals surface area contributed by atoms with Crippen LogP contribution in [0.3, 0.4) is 0 Å². The molecule has 18 heavy (non-hydrogen) atoms. The normalized spacial score (nSPS) is 20.7. The SMILES string of the molecule is CN(C1CCN(c2ccccc2)C1=O)S(C)(=O)=O. The first kappa shape index (κ1) is 13.0. The van der Waals surface area contributed by atoms with Crippen molar-refractivity contribution < 1.29 is 13.2 Å². The van der Waals surface area contributed by atoms with E-state index >= 15 is 0 Å². The number of hydrogen-bond acceptors (Lipinski definition) is 3. The second-order valence-corrected chi connectivity index (χ2v) is 6.45. The highest BCUT2D eigenvalue weighted by molar-refractivity contribution is 7.88. The molecule has 1 aromatic rings. The fraction of sp³-hybridized carbons (Fsp3) is 0.417. The molecule has 0 saturated carbocycles. The quantitative estimate of drug-likeness (QED) is 0.810. The van der Waals surface area contributed by atoms with Crippen molar-refractivity contribution in [3.05, 3.63) is 30.3 Å². The molecule has 1 atom stereocenters. The van der Waals surface area contributed by atoms with Crippen molar-refractivity contribution in [2.45, 2.75) is 12.5 Å². The molecule has 1 aliphatic rings. The van der Waals surface area contributed by atoms with E-state index in [0.29, 0.717) is 13.0 Å². The zero-order valence-corrected chi connectivity index (χ0v) is 11.2. The van der Waals surface area contributed by atoms with Gasteiger partial charge in [-0.15, -0.1) is 0 Å². The van der Waals surface area contributed by atoms with Crippen LogP contribution in [0.4, 0.5) is 5.69 Å². The topological polar surface area (TPSA) is 57.7 Å². The molecule has 0 aromatic heterocycles. The largest absolute Gasteiger partial charge is 0.311 e. The van der Waals surface area contributed by atoms with Gasteiger partial charge in [0.1, 0.15) is 6.04 Å². The van der Waals surface area contributed by atoms with E-state index in [1.54, 1.807) is 4.90 Å². The Bertz CT molecular complexity index is 542. The zero-order chi connectivity index (χ0) is 13.3. The summed E-state index contributed by atoms with van der Waals surface area (Å²) in [5, 5.41) is 0. The number of nitrogens with zero attached hydrogens (tertiary/aromatic N) is 2. The van der Waals surface area contributed by atoms with Gasteiger partial charge in [0.25, 0.3) is 0 Å². The lowest BCUT2D eigenvalue weighted by Gasteiger charge is -2.21. The van der Waals surface area contributed by atoms with Gasteiger partial charge in [-0.3, -0.25) is 4.79 Å². The van der Waals surface area contributed by atoms with Crippen LogP contribution in [0, 0.1) is 0 Å². The molecule has 0 spiro atoms. The first-order chi connectivity index (χ1) is 8.41. The summed E-state index contributed by atoms with van der Waals surface area (Å²) in [4.78, 5) is 13.8. The average molecular weight is 268 g/mol. The molecule has 0 bridgehead atoms. The molecule has 0 radical (unpaired) electrons. The Balaban J connectivity index is 2.21. The third kappa shape index (κ3) is 2.39. The van der Waals surface area contributed by atoms with Crippen LogP contribution in [-0.4, -0.2) is 44.5 Å². The number of anilines is 1. The van der Waals surface area contributed by atoms with Crippen LogP contribution < -0.4 is 4.90 Å². The van der Waals surface area contributed by atoms with Crippen LogP contribution in [0.5, 0.6) is 0 Å². The summed E-state index contributed by atoms with van der Waals surface area (Å²) in [6, 6.07) is 8.71. The summed E-state index contributed by atoms with van der Waals surface area (Å²) in [7, 11) is -1.89. The third-order valence-corrected chi connectivity index (χ3v) is 4.51. The second-order valence-electron chi connectivity index (χ2n) is 4.41.